The Kier molecular flexibility index (Phi) is 3.66. The molecule has 1 heterocycles. The molecule has 0 saturated heterocycles. The second-order valence-corrected chi connectivity index (χ2v) is 6.42. The largest absolute Gasteiger partial charge is 0.384 e. The van der Waals surface area contributed by atoms with Crippen molar-refractivity contribution in [2.75, 3.05) is 11.9 Å². The summed E-state index contributed by atoms with van der Waals surface area (Å²) in [6, 6.07) is 16.6. The first-order valence-corrected chi connectivity index (χ1v) is 7.63. The number of hydrogen-bond donors (Lipinski definition) is 1. The van der Waals surface area contributed by atoms with Gasteiger partial charge in [0.2, 0.25) is 0 Å². The Hall–Kier alpha value is -1.92. The van der Waals surface area contributed by atoms with Crippen LogP contribution in [-0.2, 0) is 6.42 Å². The average Bonchev–Trinajstić information content (AvgIpc) is 2.89. The lowest BCUT2D eigenvalue weighted by atomic mass is 10.1. The summed E-state index contributed by atoms with van der Waals surface area (Å²) in [5, 5.41) is 13.0. The highest BCUT2D eigenvalue weighted by atomic mass is 32.2. The molecule has 1 aliphatic heterocycles. The first-order valence-electron chi connectivity index (χ1n) is 6.75. The Bertz CT molecular complexity index is 648. The zero-order valence-electron chi connectivity index (χ0n) is 11.4. The molecule has 1 unspecified atom stereocenters. The minimum absolute atomic E-state index is 0.567. The lowest BCUT2D eigenvalue weighted by molar-refractivity contribution is 0.898. The zero-order valence-corrected chi connectivity index (χ0v) is 12.2. The summed E-state index contributed by atoms with van der Waals surface area (Å²) in [7, 11) is 0. The molecule has 2 aromatic rings. The van der Waals surface area contributed by atoms with Crippen LogP contribution >= 0.6 is 11.8 Å². The molecule has 0 radical (unpaired) electrons. The Balaban J connectivity index is 1.66. The number of hydrogen-bond acceptors (Lipinski definition) is 3. The molecule has 0 fully saturated rings. The number of benzene rings is 2. The molecule has 3 heteroatoms. The number of fused-ring (bicyclic) bond motifs is 1. The number of thioether (sulfide) groups is 1. The van der Waals surface area contributed by atoms with Crippen LogP contribution in [0.15, 0.2) is 47.4 Å². The van der Waals surface area contributed by atoms with Crippen molar-refractivity contribution in [3.05, 3.63) is 59.2 Å². The topological polar surface area (TPSA) is 35.8 Å². The van der Waals surface area contributed by atoms with Crippen LogP contribution in [0.5, 0.6) is 0 Å². The van der Waals surface area contributed by atoms with E-state index in [1.54, 1.807) is 0 Å². The van der Waals surface area contributed by atoms with Gasteiger partial charge in [0, 0.05) is 22.4 Å². The van der Waals surface area contributed by atoms with Gasteiger partial charge in [0.1, 0.15) is 0 Å². The second-order valence-electron chi connectivity index (χ2n) is 5.07. The van der Waals surface area contributed by atoms with E-state index in [-0.39, 0.29) is 0 Å². The SMILES string of the molecule is Cc1ccc(C#N)cc1NCC1Cc2ccccc2S1. The Morgan fingerprint density at radius 2 is 2.15 bits per heavy atom. The molecule has 0 saturated carbocycles. The van der Waals surface area contributed by atoms with Crippen molar-refractivity contribution in [1.29, 1.82) is 5.26 Å². The van der Waals surface area contributed by atoms with Gasteiger partial charge in [-0.05, 0) is 42.7 Å². The summed E-state index contributed by atoms with van der Waals surface area (Å²) in [6.07, 6.45) is 1.12. The van der Waals surface area contributed by atoms with E-state index in [1.165, 1.54) is 16.0 Å². The molecule has 0 bridgehead atoms. The van der Waals surface area contributed by atoms with Crippen molar-refractivity contribution in [2.45, 2.75) is 23.5 Å². The van der Waals surface area contributed by atoms with E-state index in [0.29, 0.717) is 10.8 Å². The van der Waals surface area contributed by atoms with Crippen molar-refractivity contribution < 1.29 is 0 Å². The lowest BCUT2D eigenvalue weighted by Crippen LogP contribution is -2.16. The third-order valence-corrected chi connectivity index (χ3v) is 4.92. The van der Waals surface area contributed by atoms with Crippen molar-refractivity contribution in [1.82, 2.24) is 0 Å². The molecule has 1 aliphatic rings. The minimum atomic E-state index is 0.567. The highest BCUT2D eigenvalue weighted by molar-refractivity contribution is 8.00. The number of anilines is 1. The number of rotatable bonds is 3. The molecule has 1 atom stereocenters. The fourth-order valence-corrected chi connectivity index (χ4v) is 3.72. The fraction of sp³-hybridized carbons (Fsp3) is 0.235. The van der Waals surface area contributed by atoms with E-state index in [4.69, 9.17) is 5.26 Å². The van der Waals surface area contributed by atoms with Crippen LogP contribution in [0, 0.1) is 18.3 Å². The van der Waals surface area contributed by atoms with Gasteiger partial charge in [0.15, 0.2) is 0 Å². The summed E-state index contributed by atoms with van der Waals surface area (Å²) in [5.74, 6) is 0. The van der Waals surface area contributed by atoms with Crippen LogP contribution in [0.25, 0.3) is 0 Å². The normalized spacial score (nSPS) is 16.5. The molecular weight excluding hydrogens is 264 g/mol. The zero-order chi connectivity index (χ0) is 13.9. The van der Waals surface area contributed by atoms with Crippen LogP contribution in [0.3, 0.4) is 0 Å². The summed E-state index contributed by atoms with van der Waals surface area (Å²) in [4.78, 5) is 1.40. The van der Waals surface area contributed by atoms with Gasteiger partial charge in [-0.1, -0.05) is 24.3 Å². The third kappa shape index (κ3) is 2.66. The molecule has 20 heavy (non-hydrogen) atoms. The van der Waals surface area contributed by atoms with Gasteiger partial charge in [-0.15, -0.1) is 11.8 Å². The Morgan fingerprint density at radius 1 is 1.30 bits per heavy atom. The smallest absolute Gasteiger partial charge is 0.0992 e. The van der Waals surface area contributed by atoms with Crippen LogP contribution < -0.4 is 5.32 Å². The monoisotopic (exact) mass is 280 g/mol. The van der Waals surface area contributed by atoms with Gasteiger partial charge >= 0.3 is 0 Å². The van der Waals surface area contributed by atoms with Gasteiger partial charge in [0.05, 0.1) is 11.6 Å². The van der Waals surface area contributed by atoms with Gasteiger partial charge in [-0.25, -0.2) is 0 Å². The number of nitrogens with one attached hydrogen (secondary N) is 1. The lowest BCUT2D eigenvalue weighted by Gasteiger charge is -2.13. The maximum absolute atomic E-state index is 8.97. The van der Waals surface area contributed by atoms with Crippen LogP contribution in [-0.4, -0.2) is 11.8 Å². The predicted octanol–water partition coefficient (Wildman–Crippen LogP) is 4.00. The van der Waals surface area contributed by atoms with E-state index in [0.717, 1.165) is 18.7 Å². The van der Waals surface area contributed by atoms with E-state index in [9.17, 15) is 0 Å². The van der Waals surface area contributed by atoms with Gasteiger partial charge < -0.3 is 5.32 Å². The molecule has 2 aromatic carbocycles. The number of aryl methyl sites for hydroxylation is 1. The molecule has 0 aliphatic carbocycles. The molecule has 100 valence electrons. The first kappa shape index (κ1) is 13.1. The molecule has 2 nitrogen and oxygen atoms in total. The molecule has 0 spiro atoms. The van der Waals surface area contributed by atoms with Crippen LogP contribution in [0.1, 0.15) is 16.7 Å². The van der Waals surface area contributed by atoms with Crippen molar-refractivity contribution in [3.63, 3.8) is 0 Å². The average molecular weight is 280 g/mol. The van der Waals surface area contributed by atoms with Crippen LogP contribution in [0.2, 0.25) is 0 Å². The maximum Gasteiger partial charge on any atom is 0.0992 e. The minimum Gasteiger partial charge on any atom is -0.384 e. The van der Waals surface area contributed by atoms with Gasteiger partial charge in [-0.2, -0.15) is 5.26 Å². The van der Waals surface area contributed by atoms with Crippen molar-refractivity contribution in [3.8, 4) is 6.07 Å². The van der Waals surface area contributed by atoms with E-state index >= 15 is 0 Å². The van der Waals surface area contributed by atoms with Crippen molar-refractivity contribution in [2.24, 2.45) is 0 Å². The highest BCUT2D eigenvalue weighted by Crippen LogP contribution is 2.36. The van der Waals surface area contributed by atoms with E-state index in [2.05, 4.69) is 42.6 Å². The molecule has 3 rings (SSSR count). The third-order valence-electron chi connectivity index (χ3n) is 3.60. The first-order chi connectivity index (χ1) is 9.76. The fourth-order valence-electron chi connectivity index (χ4n) is 2.47. The molecule has 0 amide bonds. The number of nitrogens with zero attached hydrogens (tertiary/aromatic N) is 1. The summed E-state index contributed by atoms with van der Waals surface area (Å²) >= 11 is 1.94. The van der Waals surface area contributed by atoms with Crippen molar-refractivity contribution >= 4 is 17.4 Å². The molecule has 0 aromatic heterocycles. The van der Waals surface area contributed by atoms with Crippen LogP contribution in [0.4, 0.5) is 5.69 Å². The predicted molar refractivity (Wildman–Crippen MR) is 84.2 cm³/mol. The summed E-state index contributed by atoms with van der Waals surface area (Å²) in [5.41, 5.74) is 4.41. The quantitative estimate of drug-likeness (QED) is 0.923. The summed E-state index contributed by atoms with van der Waals surface area (Å²) < 4.78 is 0. The second kappa shape index (κ2) is 5.60. The summed E-state index contributed by atoms with van der Waals surface area (Å²) in [6.45, 7) is 3.00. The standard InChI is InChI=1S/C17H16N2S/c1-12-6-7-13(10-18)8-16(12)19-11-15-9-14-4-2-3-5-17(14)20-15/h2-8,15,19H,9,11H2,1H3. The molecule has 1 N–H and O–H groups in total. The van der Waals surface area contributed by atoms with Gasteiger partial charge in [-0.3, -0.25) is 0 Å². The highest BCUT2D eigenvalue weighted by Gasteiger charge is 2.21. The van der Waals surface area contributed by atoms with E-state index < -0.39 is 0 Å². The van der Waals surface area contributed by atoms with E-state index in [1.807, 2.05) is 30.0 Å². The number of nitriles is 1. The Labute approximate surface area is 123 Å². The Morgan fingerprint density at radius 3 is 2.95 bits per heavy atom. The van der Waals surface area contributed by atoms with Gasteiger partial charge in [0.25, 0.3) is 0 Å². The molecular formula is C17H16N2S. The maximum atomic E-state index is 8.97.